The molecule has 5 heteroatoms. The van der Waals surface area contributed by atoms with Gasteiger partial charge in [0.15, 0.2) is 0 Å². The van der Waals surface area contributed by atoms with E-state index in [1.54, 1.807) is 0 Å². The van der Waals surface area contributed by atoms with E-state index in [1.807, 2.05) is 0 Å². The third-order valence-electron chi connectivity index (χ3n) is 3.23. The molecule has 0 spiro atoms. The van der Waals surface area contributed by atoms with Gasteiger partial charge in [0.25, 0.3) is 0 Å². The van der Waals surface area contributed by atoms with E-state index in [4.69, 9.17) is 4.74 Å². The van der Waals surface area contributed by atoms with Crippen molar-refractivity contribution >= 4 is 26.0 Å². The highest BCUT2D eigenvalue weighted by molar-refractivity contribution is 6.89. The SMILES string of the molecule is CCC(C(C)OC[Si]C)N([Si](C)(C)C)[Si](C)(C)C. The molecule has 0 aliphatic rings. The van der Waals surface area contributed by atoms with E-state index in [-0.39, 0.29) is 0 Å². The largest absolute Gasteiger partial charge is 0.381 e. The molecule has 2 unspecified atom stereocenters. The third-order valence-corrected chi connectivity index (χ3v) is 11.3. The van der Waals surface area contributed by atoms with E-state index >= 15 is 0 Å². The second-order valence-electron chi connectivity index (χ2n) is 7.06. The van der Waals surface area contributed by atoms with Crippen molar-refractivity contribution in [3.63, 3.8) is 0 Å². The van der Waals surface area contributed by atoms with Crippen LogP contribution in [-0.2, 0) is 4.74 Å². The van der Waals surface area contributed by atoms with Gasteiger partial charge in [-0.1, -0.05) is 52.8 Å². The van der Waals surface area contributed by atoms with Crippen LogP contribution in [0.2, 0.25) is 45.8 Å². The van der Waals surface area contributed by atoms with Crippen molar-refractivity contribution < 1.29 is 4.74 Å². The Labute approximate surface area is 119 Å². The first-order chi connectivity index (χ1) is 8.05. The van der Waals surface area contributed by atoms with E-state index in [0.717, 1.165) is 15.7 Å². The molecule has 0 aromatic rings. The molecule has 18 heavy (non-hydrogen) atoms. The van der Waals surface area contributed by atoms with Crippen LogP contribution < -0.4 is 0 Å². The minimum atomic E-state index is -1.29. The maximum atomic E-state index is 6.03. The summed E-state index contributed by atoms with van der Waals surface area (Å²) in [5.41, 5.74) is 0. The van der Waals surface area contributed by atoms with Crippen LogP contribution in [0.3, 0.4) is 0 Å². The van der Waals surface area contributed by atoms with Gasteiger partial charge in [0.1, 0.15) is 16.5 Å². The second kappa shape index (κ2) is 7.38. The van der Waals surface area contributed by atoms with Gasteiger partial charge in [0.05, 0.1) is 15.6 Å². The van der Waals surface area contributed by atoms with Crippen LogP contribution in [0.5, 0.6) is 0 Å². The number of hydrogen-bond donors (Lipinski definition) is 0. The summed E-state index contributed by atoms with van der Waals surface area (Å²) in [6.45, 7) is 21.6. The summed E-state index contributed by atoms with van der Waals surface area (Å²) in [6.07, 6.45) is 2.48. The van der Waals surface area contributed by atoms with E-state index in [1.165, 1.54) is 6.42 Å². The van der Waals surface area contributed by atoms with Crippen LogP contribution >= 0.6 is 0 Å². The van der Waals surface area contributed by atoms with Crippen molar-refractivity contribution in [2.24, 2.45) is 0 Å². The fourth-order valence-corrected chi connectivity index (χ4v) is 14.3. The summed E-state index contributed by atoms with van der Waals surface area (Å²) in [5.74, 6) is 0. The van der Waals surface area contributed by atoms with Gasteiger partial charge < -0.3 is 8.97 Å². The van der Waals surface area contributed by atoms with E-state index < -0.39 is 16.5 Å². The first kappa shape index (κ1) is 18.6. The Hall–Kier alpha value is 0.571. The van der Waals surface area contributed by atoms with Gasteiger partial charge in [0, 0.05) is 12.3 Å². The molecule has 2 nitrogen and oxygen atoms in total. The molecule has 0 aromatic heterocycles. The first-order valence-electron chi connectivity index (χ1n) is 7.11. The maximum absolute atomic E-state index is 6.03. The molecular formula is C13H33NOSi3. The average molecular weight is 304 g/mol. The predicted molar refractivity (Wildman–Crippen MR) is 89.6 cm³/mol. The quantitative estimate of drug-likeness (QED) is 0.632. The maximum Gasteiger partial charge on any atom is 0.112 e. The highest BCUT2D eigenvalue weighted by Gasteiger charge is 2.40. The molecule has 0 bridgehead atoms. The van der Waals surface area contributed by atoms with Crippen LogP contribution in [0.1, 0.15) is 20.3 Å². The van der Waals surface area contributed by atoms with Gasteiger partial charge >= 0.3 is 0 Å². The smallest absolute Gasteiger partial charge is 0.112 e. The fraction of sp³-hybridized carbons (Fsp3) is 1.00. The zero-order chi connectivity index (χ0) is 14.6. The molecule has 0 aromatic carbocycles. The van der Waals surface area contributed by atoms with Gasteiger partial charge in [-0.2, -0.15) is 0 Å². The predicted octanol–water partition coefficient (Wildman–Crippen LogP) is 3.85. The average Bonchev–Trinajstić information content (AvgIpc) is 2.18. The van der Waals surface area contributed by atoms with Crippen LogP contribution in [-0.4, -0.2) is 48.6 Å². The highest BCUT2D eigenvalue weighted by Crippen LogP contribution is 2.27. The Bertz CT molecular complexity index is 221. The van der Waals surface area contributed by atoms with Crippen molar-refractivity contribution in [1.29, 1.82) is 0 Å². The fourth-order valence-electron chi connectivity index (χ4n) is 3.05. The number of hydrogen-bond acceptors (Lipinski definition) is 2. The summed E-state index contributed by atoms with van der Waals surface area (Å²) in [5, 5.41) is 0. The Morgan fingerprint density at radius 1 is 1.06 bits per heavy atom. The van der Waals surface area contributed by atoms with Crippen LogP contribution in [0.15, 0.2) is 0 Å². The number of rotatable bonds is 8. The lowest BCUT2D eigenvalue weighted by atomic mass is 10.1. The molecule has 0 rings (SSSR count). The lowest BCUT2D eigenvalue weighted by molar-refractivity contribution is 0.0540. The van der Waals surface area contributed by atoms with Crippen molar-refractivity contribution in [3.05, 3.63) is 0 Å². The summed E-state index contributed by atoms with van der Waals surface area (Å²) >= 11 is 0. The molecule has 0 amide bonds. The van der Waals surface area contributed by atoms with E-state index in [2.05, 4.69) is 63.9 Å². The second-order valence-corrected chi connectivity index (χ2v) is 18.1. The zero-order valence-corrected chi connectivity index (χ0v) is 16.9. The van der Waals surface area contributed by atoms with E-state index in [9.17, 15) is 0 Å². The van der Waals surface area contributed by atoms with Crippen molar-refractivity contribution in [2.45, 2.75) is 78.2 Å². The molecule has 0 saturated carbocycles. The van der Waals surface area contributed by atoms with Crippen LogP contribution in [0.25, 0.3) is 0 Å². The van der Waals surface area contributed by atoms with Crippen molar-refractivity contribution in [1.82, 2.24) is 4.23 Å². The topological polar surface area (TPSA) is 12.5 Å². The first-order valence-corrected chi connectivity index (χ1v) is 15.7. The molecule has 0 fully saturated rings. The normalized spacial score (nSPS) is 17.0. The summed E-state index contributed by atoms with van der Waals surface area (Å²) in [6, 6.07) is 0.597. The Morgan fingerprint density at radius 3 is 1.78 bits per heavy atom. The molecule has 108 valence electrons. The lowest BCUT2D eigenvalue weighted by Crippen LogP contribution is -2.65. The summed E-state index contributed by atoms with van der Waals surface area (Å²) in [7, 11) is -1.69. The molecule has 0 N–H and O–H groups in total. The monoisotopic (exact) mass is 303 g/mol. The molecule has 0 saturated heterocycles. The minimum Gasteiger partial charge on any atom is -0.381 e. The van der Waals surface area contributed by atoms with Gasteiger partial charge in [-0.25, -0.2) is 0 Å². The highest BCUT2D eigenvalue weighted by atomic mass is 28.4. The summed E-state index contributed by atoms with van der Waals surface area (Å²) in [4.78, 5) is 0. The van der Waals surface area contributed by atoms with Crippen LogP contribution in [0, 0.1) is 0 Å². The van der Waals surface area contributed by atoms with Gasteiger partial charge in [-0.05, 0) is 13.3 Å². The number of nitrogens with zero attached hydrogens (tertiary/aromatic N) is 1. The Kier molecular flexibility index (Phi) is 7.61. The molecular weight excluding hydrogens is 270 g/mol. The minimum absolute atomic E-state index is 0.362. The molecule has 0 aliphatic carbocycles. The lowest BCUT2D eigenvalue weighted by Gasteiger charge is -2.50. The zero-order valence-electron chi connectivity index (χ0n) is 13.9. The van der Waals surface area contributed by atoms with Gasteiger partial charge in [-0.15, -0.1) is 0 Å². The van der Waals surface area contributed by atoms with Crippen LogP contribution in [0.4, 0.5) is 0 Å². The van der Waals surface area contributed by atoms with Gasteiger partial charge in [-0.3, -0.25) is 0 Å². The molecule has 2 atom stereocenters. The molecule has 0 heterocycles. The van der Waals surface area contributed by atoms with Crippen molar-refractivity contribution in [2.75, 3.05) is 6.23 Å². The third kappa shape index (κ3) is 5.69. The van der Waals surface area contributed by atoms with E-state index in [0.29, 0.717) is 12.1 Å². The Morgan fingerprint density at radius 2 is 1.50 bits per heavy atom. The summed E-state index contributed by atoms with van der Waals surface area (Å²) < 4.78 is 8.92. The van der Waals surface area contributed by atoms with Gasteiger partial charge in [0.2, 0.25) is 0 Å². The number of ether oxygens (including phenoxy) is 1. The Balaban J connectivity index is 5.05. The standard InChI is InChI=1S/C13H33NOSi3/c1-10-13(12(2)15-11-16-3)14(17(4,5)6)18(7,8)9/h12-13H,10-11H2,1-9H3. The molecule has 2 radical (unpaired) electrons. The molecule has 0 aliphatic heterocycles. The van der Waals surface area contributed by atoms with Crippen molar-refractivity contribution in [3.8, 4) is 0 Å².